The van der Waals surface area contributed by atoms with Gasteiger partial charge < -0.3 is 9.84 Å². The molecule has 1 unspecified atom stereocenters. The fraction of sp³-hybridized carbons (Fsp3) is 0.909. The van der Waals surface area contributed by atoms with Gasteiger partial charge in [0.2, 0.25) is 6.29 Å². The van der Waals surface area contributed by atoms with Crippen LogP contribution in [-0.4, -0.2) is 23.2 Å². The van der Waals surface area contributed by atoms with Gasteiger partial charge in [0.05, 0.1) is 5.60 Å². The molecule has 5 nitrogen and oxygen atoms in total. The van der Waals surface area contributed by atoms with E-state index in [0.29, 0.717) is 6.42 Å². The Morgan fingerprint density at radius 3 is 2.38 bits per heavy atom. The average molecular weight is 234 g/mol. The molecule has 0 aliphatic heterocycles. The van der Waals surface area contributed by atoms with Gasteiger partial charge in [-0.2, -0.15) is 4.89 Å². The summed E-state index contributed by atoms with van der Waals surface area (Å²) in [7, 11) is 0. The molecular formula is C11H22O5. The smallest absolute Gasteiger partial charge is 0.450 e. The molecule has 0 bridgehead atoms. The predicted molar refractivity (Wildman–Crippen MR) is 59.0 cm³/mol. The van der Waals surface area contributed by atoms with Crippen LogP contribution in [-0.2, 0) is 14.5 Å². The molecule has 0 saturated carbocycles. The second kappa shape index (κ2) is 7.46. The van der Waals surface area contributed by atoms with Crippen LogP contribution in [0.4, 0.5) is 4.79 Å². The van der Waals surface area contributed by atoms with Crippen molar-refractivity contribution < 1.29 is 24.4 Å². The first kappa shape index (κ1) is 15.2. The number of ether oxygens (including phenoxy) is 1. The summed E-state index contributed by atoms with van der Waals surface area (Å²) in [6.07, 6.45) is 1.23. The van der Waals surface area contributed by atoms with E-state index in [2.05, 4.69) is 11.7 Å². The maximum atomic E-state index is 10.4. The second-order valence-corrected chi connectivity index (χ2v) is 4.60. The Kier molecular flexibility index (Phi) is 7.08. The van der Waals surface area contributed by atoms with E-state index in [0.717, 1.165) is 19.3 Å². The zero-order chi connectivity index (χ0) is 12.6. The molecule has 0 aliphatic carbocycles. The van der Waals surface area contributed by atoms with Crippen molar-refractivity contribution >= 4 is 6.16 Å². The largest absolute Gasteiger partial charge is 0.508 e. The summed E-state index contributed by atoms with van der Waals surface area (Å²) in [6.45, 7) is 7.52. The van der Waals surface area contributed by atoms with Crippen LogP contribution in [0.3, 0.4) is 0 Å². The molecule has 0 aliphatic rings. The highest BCUT2D eigenvalue weighted by molar-refractivity contribution is 5.56. The van der Waals surface area contributed by atoms with Gasteiger partial charge >= 0.3 is 6.16 Å². The van der Waals surface area contributed by atoms with E-state index in [-0.39, 0.29) is 0 Å². The Morgan fingerprint density at radius 1 is 1.31 bits per heavy atom. The van der Waals surface area contributed by atoms with Crippen LogP contribution in [0.1, 0.15) is 53.4 Å². The van der Waals surface area contributed by atoms with Gasteiger partial charge in [-0.05, 0) is 27.2 Å². The Hall–Kier alpha value is -0.810. The number of unbranched alkanes of at least 4 members (excludes halogenated alkanes) is 2. The molecule has 0 radical (unpaired) electrons. The molecule has 0 aromatic carbocycles. The summed E-state index contributed by atoms with van der Waals surface area (Å²) in [5.41, 5.74) is -0.481. The van der Waals surface area contributed by atoms with Crippen molar-refractivity contribution in [3.63, 3.8) is 0 Å². The first-order chi connectivity index (χ1) is 7.35. The topological polar surface area (TPSA) is 65.0 Å². The molecule has 0 aromatic heterocycles. The highest BCUT2D eigenvalue weighted by Gasteiger charge is 2.19. The molecule has 16 heavy (non-hydrogen) atoms. The van der Waals surface area contributed by atoms with Gasteiger partial charge in [-0.25, -0.2) is 9.68 Å². The summed E-state index contributed by atoms with van der Waals surface area (Å²) in [5.74, 6) is 0. The molecule has 96 valence electrons. The fourth-order valence-electron chi connectivity index (χ4n) is 0.998. The normalized spacial score (nSPS) is 13.5. The first-order valence-corrected chi connectivity index (χ1v) is 5.59. The summed E-state index contributed by atoms with van der Waals surface area (Å²) < 4.78 is 4.56. The van der Waals surface area contributed by atoms with Gasteiger partial charge in [-0.1, -0.05) is 19.8 Å². The highest BCUT2D eigenvalue weighted by Crippen LogP contribution is 2.14. The number of rotatable bonds is 7. The SMILES string of the molecule is CCCCCC(OOC(C)(C)C)OC(=O)O. The van der Waals surface area contributed by atoms with Crippen molar-refractivity contribution in [2.24, 2.45) is 0 Å². The molecule has 1 atom stereocenters. The number of carbonyl (C=O) groups is 1. The average Bonchev–Trinajstić information content (AvgIpc) is 2.12. The first-order valence-electron chi connectivity index (χ1n) is 5.59. The molecule has 0 spiro atoms. The summed E-state index contributed by atoms with van der Waals surface area (Å²) in [4.78, 5) is 20.4. The third kappa shape index (κ3) is 9.73. The van der Waals surface area contributed by atoms with E-state index < -0.39 is 18.0 Å². The Bertz CT molecular complexity index is 197. The van der Waals surface area contributed by atoms with Gasteiger partial charge in [0.1, 0.15) is 0 Å². The summed E-state index contributed by atoms with van der Waals surface area (Å²) >= 11 is 0. The Morgan fingerprint density at radius 2 is 1.94 bits per heavy atom. The van der Waals surface area contributed by atoms with Crippen LogP contribution in [0, 0.1) is 0 Å². The lowest BCUT2D eigenvalue weighted by atomic mass is 10.2. The predicted octanol–water partition coefficient (Wildman–Crippen LogP) is 3.33. The van der Waals surface area contributed by atoms with Crippen LogP contribution >= 0.6 is 0 Å². The standard InChI is InChI=1S/C11H22O5/c1-5-6-7-8-9(14-10(12)13)15-16-11(2,3)4/h9H,5-8H2,1-4H3,(H,12,13). The molecule has 5 heteroatoms. The van der Waals surface area contributed by atoms with Crippen molar-refractivity contribution in [3.8, 4) is 0 Å². The van der Waals surface area contributed by atoms with Crippen molar-refractivity contribution in [3.05, 3.63) is 0 Å². The van der Waals surface area contributed by atoms with Crippen LogP contribution in [0.2, 0.25) is 0 Å². The maximum Gasteiger partial charge on any atom is 0.508 e. The van der Waals surface area contributed by atoms with Crippen LogP contribution in [0.25, 0.3) is 0 Å². The van der Waals surface area contributed by atoms with E-state index in [1.54, 1.807) is 0 Å². The lowest BCUT2D eigenvalue weighted by Gasteiger charge is -2.22. The van der Waals surface area contributed by atoms with Crippen molar-refractivity contribution in [1.29, 1.82) is 0 Å². The van der Waals surface area contributed by atoms with E-state index >= 15 is 0 Å². The highest BCUT2D eigenvalue weighted by atomic mass is 17.2. The molecule has 0 amide bonds. The van der Waals surface area contributed by atoms with E-state index in [4.69, 9.17) is 14.9 Å². The minimum Gasteiger partial charge on any atom is -0.450 e. The van der Waals surface area contributed by atoms with Gasteiger partial charge in [0, 0.05) is 6.42 Å². The maximum absolute atomic E-state index is 10.4. The number of hydrogen-bond acceptors (Lipinski definition) is 4. The second-order valence-electron chi connectivity index (χ2n) is 4.60. The van der Waals surface area contributed by atoms with Gasteiger partial charge in [0.25, 0.3) is 0 Å². The molecule has 1 N–H and O–H groups in total. The lowest BCUT2D eigenvalue weighted by Crippen LogP contribution is -2.27. The lowest BCUT2D eigenvalue weighted by molar-refractivity contribution is -0.409. The monoisotopic (exact) mass is 234 g/mol. The van der Waals surface area contributed by atoms with E-state index in [1.165, 1.54) is 0 Å². The van der Waals surface area contributed by atoms with Crippen LogP contribution in [0.5, 0.6) is 0 Å². The molecule has 0 rings (SSSR count). The minimum atomic E-state index is -1.35. The van der Waals surface area contributed by atoms with E-state index in [1.807, 2.05) is 20.8 Å². The molecule has 0 saturated heterocycles. The summed E-state index contributed by atoms with van der Waals surface area (Å²) in [6, 6.07) is 0. The third-order valence-electron chi connectivity index (χ3n) is 1.68. The van der Waals surface area contributed by atoms with E-state index in [9.17, 15) is 4.79 Å². The fourth-order valence-corrected chi connectivity index (χ4v) is 0.998. The molecule has 0 heterocycles. The third-order valence-corrected chi connectivity index (χ3v) is 1.68. The Balaban J connectivity index is 3.95. The van der Waals surface area contributed by atoms with Gasteiger partial charge in [-0.15, -0.1) is 0 Å². The minimum absolute atomic E-state index is 0.481. The van der Waals surface area contributed by atoms with Crippen LogP contribution in [0.15, 0.2) is 0 Å². The molecule has 0 fully saturated rings. The van der Waals surface area contributed by atoms with Gasteiger partial charge in [0.15, 0.2) is 0 Å². The zero-order valence-electron chi connectivity index (χ0n) is 10.5. The van der Waals surface area contributed by atoms with Crippen LogP contribution < -0.4 is 0 Å². The summed E-state index contributed by atoms with van der Waals surface area (Å²) in [5, 5.41) is 8.51. The van der Waals surface area contributed by atoms with Crippen molar-refractivity contribution in [1.82, 2.24) is 0 Å². The molecular weight excluding hydrogens is 212 g/mol. The van der Waals surface area contributed by atoms with Crippen molar-refractivity contribution in [2.45, 2.75) is 65.3 Å². The Labute approximate surface area is 96.6 Å². The van der Waals surface area contributed by atoms with Gasteiger partial charge in [-0.3, -0.25) is 0 Å². The number of hydrogen-bond donors (Lipinski definition) is 1. The van der Waals surface area contributed by atoms with Crippen molar-refractivity contribution in [2.75, 3.05) is 0 Å². The number of carboxylic acid groups (broad SMARTS) is 1. The molecule has 0 aromatic rings. The quantitative estimate of drug-likeness (QED) is 0.240. The zero-order valence-corrected chi connectivity index (χ0v) is 10.5.